The van der Waals surface area contributed by atoms with E-state index in [4.69, 9.17) is 12.2 Å². The van der Waals surface area contributed by atoms with Gasteiger partial charge in [0, 0.05) is 18.7 Å². The van der Waals surface area contributed by atoms with E-state index >= 15 is 0 Å². The SMILES string of the molecule is C#CCC(N)C(=O)Nc1nc(C(C)=O)cs1. The van der Waals surface area contributed by atoms with Crippen molar-refractivity contribution in [2.75, 3.05) is 5.32 Å². The van der Waals surface area contributed by atoms with Gasteiger partial charge >= 0.3 is 0 Å². The number of nitrogens with two attached hydrogens (primary N) is 1. The fourth-order valence-electron chi connectivity index (χ4n) is 0.911. The number of terminal acetylenes is 1. The van der Waals surface area contributed by atoms with Gasteiger partial charge in [-0.25, -0.2) is 4.98 Å². The van der Waals surface area contributed by atoms with Crippen LogP contribution in [0.2, 0.25) is 0 Å². The van der Waals surface area contributed by atoms with Crippen molar-refractivity contribution in [1.29, 1.82) is 0 Å². The Labute approximate surface area is 97.1 Å². The maximum Gasteiger partial charge on any atom is 0.244 e. The van der Waals surface area contributed by atoms with Crippen LogP contribution in [-0.2, 0) is 4.79 Å². The van der Waals surface area contributed by atoms with E-state index in [2.05, 4.69) is 16.2 Å². The molecule has 1 unspecified atom stereocenters. The number of hydrogen-bond acceptors (Lipinski definition) is 5. The van der Waals surface area contributed by atoms with Crippen LogP contribution >= 0.6 is 11.3 Å². The summed E-state index contributed by atoms with van der Waals surface area (Å²) in [5.74, 6) is 1.75. The molecule has 0 aliphatic heterocycles. The van der Waals surface area contributed by atoms with E-state index in [1.54, 1.807) is 5.38 Å². The molecule has 1 atom stereocenters. The molecule has 3 N–H and O–H groups in total. The highest BCUT2D eigenvalue weighted by atomic mass is 32.1. The van der Waals surface area contributed by atoms with Gasteiger partial charge < -0.3 is 11.1 Å². The first-order valence-electron chi connectivity index (χ1n) is 4.51. The Balaban J connectivity index is 2.63. The number of nitrogens with one attached hydrogen (secondary N) is 1. The zero-order valence-electron chi connectivity index (χ0n) is 8.69. The summed E-state index contributed by atoms with van der Waals surface area (Å²) in [5, 5.41) is 4.42. The minimum Gasteiger partial charge on any atom is -0.319 e. The minimum atomic E-state index is -0.755. The van der Waals surface area contributed by atoms with Crippen LogP contribution in [0.15, 0.2) is 5.38 Å². The Morgan fingerprint density at radius 1 is 1.75 bits per heavy atom. The monoisotopic (exact) mass is 237 g/mol. The van der Waals surface area contributed by atoms with E-state index in [9.17, 15) is 9.59 Å². The summed E-state index contributed by atoms with van der Waals surface area (Å²) < 4.78 is 0. The van der Waals surface area contributed by atoms with Crippen LogP contribution in [0, 0.1) is 12.3 Å². The molecule has 0 saturated heterocycles. The highest BCUT2D eigenvalue weighted by molar-refractivity contribution is 7.14. The van der Waals surface area contributed by atoms with Gasteiger partial charge in [-0.1, -0.05) is 0 Å². The predicted molar refractivity (Wildman–Crippen MR) is 62.2 cm³/mol. The van der Waals surface area contributed by atoms with Crippen molar-refractivity contribution in [2.45, 2.75) is 19.4 Å². The lowest BCUT2D eigenvalue weighted by Gasteiger charge is -2.06. The predicted octanol–water partition coefficient (Wildman–Crippen LogP) is 0.635. The summed E-state index contributed by atoms with van der Waals surface area (Å²) in [5.41, 5.74) is 5.82. The van der Waals surface area contributed by atoms with Crippen LogP contribution < -0.4 is 11.1 Å². The molecule has 6 heteroatoms. The summed E-state index contributed by atoms with van der Waals surface area (Å²) in [7, 11) is 0. The number of thiazole rings is 1. The fourth-order valence-corrected chi connectivity index (χ4v) is 1.66. The molecule has 0 radical (unpaired) electrons. The number of carbonyl (C=O) groups excluding carboxylic acids is 2. The van der Waals surface area contributed by atoms with Crippen molar-refractivity contribution in [1.82, 2.24) is 4.98 Å². The molecule has 5 nitrogen and oxygen atoms in total. The van der Waals surface area contributed by atoms with E-state index < -0.39 is 11.9 Å². The molecule has 0 aliphatic rings. The number of ketones is 1. The van der Waals surface area contributed by atoms with Crippen LogP contribution in [0.5, 0.6) is 0 Å². The lowest BCUT2D eigenvalue weighted by molar-refractivity contribution is -0.117. The van der Waals surface area contributed by atoms with Gasteiger partial charge in [0.15, 0.2) is 10.9 Å². The molecule has 16 heavy (non-hydrogen) atoms. The average molecular weight is 237 g/mol. The lowest BCUT2D eigenvalue weighted by Crippen LogP contribution is -2.35. The van der Waals surface area contributed by atoms with Gasteiger partial charge in [-0.2, -0.15) is 0 Å². The first-order chi connectivity index (χ1) is 7.54. The smallest absolute Gasteiger partial charge is 0.244 e. The molecule has 1 amide bonds. The highest BCUT2D eigenvalue weighted by Gasteiger charge is 2.14. The van der Waals surface area contributed by atoms with E-state index in [0.717, 1.165) is 0 Å². The highest BCUT2D eigenvalue weighted by Crippen LogP contribution is 2.15. The Morgan fingerprint density at radius 3 is 2.94 bits per heavy atom. The summed E-state index contributed by atoms with van der Waals surface area (Å²) in [6.45, 7) is 1.41. The molecule has 0 spiro atoms. The number of rotatable bonds is 4. The van der Waals surface area contributed by atoms with Gasteiger partial charge in [-0.15, -0.1) is 23.7 Å². The van der Waals surface area contributed by atoms with Crippen LogP contribution in [0.4, 0.5) is 5.13 Å². The third-order valence-corrected chi connectivity index (χ3v) is 2.53. The lowest BCUT2D eigenvalue weighted by atomic mass is 10.2. The maximum atomic E-state index is 11.4. The van der Waals surface area contributed by atoms with E-state index in [-0.39, 0.29) is 12.2 Å². The van der Waals surface area contributed by atoms with Crippen molar-refractivity contribution in [3.05, 3.63) is 11.1 Å². The van der Waals surface area contributed by atoms with E-state index in [1.165, 1.54) is 18.3 Å². The van der Waals surface area contributed by atoms with Crippen LogP contribution in [0.25, 0.3) is 0 Å². The standard InChI is InChI=1S/C10H11N3O2S/c1-3-4-7(11)9(15)13-10-12-8(5-16-10)6(2)14/h1,5,7H,4,11H2,2H3,(H,12,13,15). The molecule has 0 aromatic carbocycles. The summed E-state index contributed by atoms with van der Waals surface area (Å²) >= 11 is 1.17. The quantitative estimate of drug-likeness (QED) is 0.594. The molecule has 0 saturated carbocycles. The zero-order valence-corrected chi connectivity index (χ0v) is 9.50. The van der Waals surface area contributed by atoms with Crippen molar-refractivity contribution in [3.63, 3.8) is 0 Å². The van der Waals surface area contributed by atoms with Gasteiger partial charge in [0.1, 0.15) is 5.69 Å². The Hall–Kier alpha value is -1.71. The Kier molecular flexibility index (Phi) is 4.17. The van der Waals surface area contributed by atoms with Crippen LogP contribution in [0.1, 0.15) is 23.8 Å². The normalized spacial score (nSPS) is 11.6. The number of anilines is 1. The molecule has 0 bridgehead atoms. The third-order valence-electron chi connectivity index (χ3n) is 1.77. The summed E-state index contributed by atoms with van der Waals surface area (Å²) in [6.07, 6.45) is 5.20. The molecule has 1 aromatic rings. The van der Waals surface area contributed by atoms with Crippen molar-refractivity contribution >= 4 is 28.2 Å². The largest absolute Gasteiger partial charge is 0.319 e. The first kappa shape index (κ1) is 12.4. The van der Waals surface area contributed by atoms with Gasteiger partial charge in [0.2, 0.25) is 5.91 Å². The van der Waals surface area contributed by atoms with Crippen LogP contribution in [0.3, 0.4) is 0 Å². The molecular formula is C10H11N3O2S. The summed E-state index contributed by atoms with van der Waals surface area (Å²) in [6, 6.07) is -0.755. The Bertz CT molecular complexity index is 447. The van der Waals surface area contributed by atoms with Crippen molar-refractivity contribution in [3.8, 4) is 12.3 Å². The Morgan fingerprint density at radius 2 is 2.44 bits per heavy atom. The molecule has 1 aromatic heterocycles. The van der Waals surface area contributed by atoms with Gasteiger partial charge in [0.25, 0.3) is 0 Å². The molecule has 0 fully saturated rings. The zero-order chi connectivity index (χ0) is 12.1. The molecule has 84 valence electrons. The maximum absolute atomic E-state index is 11.4. The number of hydrogen-bond donors (Lipinski definition) is 2. The second-order valence-electron chi connectivity index (χ2n) is 3.10. The third kappa shape index (κ3) is 3.15. The molecule has 1 rings (SSSR count). The molecule has 1 heterocycles. The number of Topliss-reactive ketones (excluding diaryl/α,β-unsaturated/α-hetero) is 1. The topological polar surface area (TPSA) is 85.1 Å². The number of amides is 1. The van der Waals surface area contributed by atoms with E-state index in [1.807, 2.05) is 0 Å². The van der Waals surface area contributed by atoms with Crippen molar-refractivity contribution < 1.29 is 9.59 Å². The summed E-state index contributed by atoms with van der Waals surface area (Å²) in [4.78, 5) is 26.3. The van der Waals surface area contributed by atoms with E-state index in [0.29, 0.717) is 10.8 Å². The number of nitrogens with zero attached hydrogens (tertiary/aromatic N) is 1. The second kappa shape index (κ2) is 5.39. The number of carbonyl (C=O) groups is 2. The van der Waals surface area contributed by atoms with Gasteiger partial charge in [-0.3, -0.25) is 9.59 Å². The van der Waals surface area contributed by atoms with Gasteiger partial charge in [-0.05, 0) is 0 Å². The van der Waals surface area contributed by atoms with Crippen molar-refractivity contribution in [2.24, 2.45) is 5.73 Å². The molecular weight excluding hydrogens is 226 g/mol. The minimum absolute atomic E-state index is 0.148. The van der Waals surface area contributed by atoms with Crippen LogP contribution in [-0.4, -0.2) is 22.7 Å². The second-order valence-corrected chi connectivity index (χ2v) is 3.96. The first-order valence-corrected chi connectivity index (χ1v) is 5.39. The molecule has 0 aliphatic carbocycles. The fraction of sp³-hybridized carbons (Fsp3) is 0.300. The number of aromatic nitrogens is 1. The average Bonchev–Trinajstić information content (AvgIpc) is 2.66. The van der Waals surface area contributed by atoms with Gasteiger partial charge in [0.05, 0.1) is 6.04 Å².